The average Bonchev–Trinajstić information content (AvgIpc) is 2.52. The number of imide groups is 1. The number of rotatable bonds is 8. The molecule has 0 spiro atoms. The molecule has 3 N–H and O–H groups in total. The molecule has 0 aliphatic rings. The Kier molecular flexibility index (Phi) is 7.76. The number of hydrogen-bond donors (Lipinski definition) is 2. The van der Waals surface area contributed by atoms with Crippen molar-refractivity contribution >= 4 is 17.9 Å². The zero-order valence-corrected chi connectivity index (χ0v) is 13.5. The van der Waals surface area contributed by atoms with Gasteiger partial charge in [0.1, 0.15) is 0 Å². The van der Waals surface area contributed by atoms with E-state index >= 15 is 0 Å². The van der Waals surface area contributed by atoms with Crippen molar-refractivity contribution in [3.63, 3.8) is 0 Å². The van der Waals surface area contributed by atoms with Gasteiger partial charge >= 0.3 is 12.0 Å². The topological polar surface area (TPSA) is 102 Å². The maximum atomic E-state index is 11.6. The van der Waals surface area contributed by atoms with E-state index in [1.165, 1.54) is 7.11 Å². The molecular formula is C16H23N3O4. The molecule has 126 valence electrons. The Morgan fingerprint density at radius 1 is 1.26 bits per heavy atom. The molecule has 23 heavy (non-hydrogen) atoms. The van der Waals surface area contributed by atoms with Crippen LogP contribution in [-0.2, 0) is 20.9 Å². The SMILES string of the molecule is COC(=O)C(C)CN(CCC(=O)NC(N)=O)Cc1ccccc1. The highest BCUT2D eigenvalue weighted by Gasteiger charge is 2.18. The summed E-state index contributed by atoms with van der Waals surface area (Å²) in [4.78, 5) is 35.8. The Morgan fingerprint density at radius 2 is 1.91 bits per heavy atom. The summed E-state index contributed by atoms with van der Waals surface area (Å²) in [6, 6.07) is 8.85. The number of carbonyl (C=O) groups is 3. The predicted molar refractivity (Wildman–Crippen MR) is 85.2 cm³/mol. The summed E-state index contributed by atoms with van der Waals surface area (Å²) in [7, 11) is 1.35. The van der Waals surface area contributed by atoms with E-state index in [0.717, 1.165) is 5.56 Å². The van der Waals surface area contributed by atoms with Gasteiger partial charge in [-0.25, -0.2) is 4.79 Å². The van der Waals surface area contributed by atoms with Crippen LogP contribution in [0.4, 0.5) is 4.79 Å². The number of primary amides is 1. The van der Waals surface area contributed by atoms with Gasteiger partial charge in [0.2, 0.25) is 5.91 Å². The summed E-state index contributed by atoms with van der Waals surface area (Å²) < 4.78 is 4.74. The first-order valence-corrected chi connectivity index (χ1v) is 7.35. The maximum absolute atomic E-state index is 11.6. The fraction of sp³-hybridized carbons (Fsp3) is 0.438. The van der Waals surface area contributed by atoms with Crippen LogP contribution in [0, 0.1) is 5.92 Å². The predicted octanol–water partition coefficient (Wildman–Crippen LogP) is 0.883. The third kappa shape index (κ3) is 7.42. The quantitative estimate of drug-likeness (QED) is 0.692. The number of nitrogens with two attached hydrogens (primary N) is 1. The van der Waals surface area contributed by atoms with Crippen molar-refractivity contribution in [3.05, 3.63) is 35.9 Å². The average molecular weight is 321 g/mol. The highest BCUT2D eigenvalue weighted by Crippen LogP contribution is 2.09. The van der Waals surface area contributed by atoms with Gasteiger partial charge in [0.25, 0.3) is 0 Å². The van der Waals surface area contributed by atoms with Gasteiger partial charge in [-0.15, -0.1) is 0 Å². The third-order valence-electron chi connectivity index (χ3n) is 3.30. The molecule has 1 unspecified atom stereocenters. The molecule has 1 aromatic carbocycles. The minimum Gasteiger partial charge on any atom is -0.469 e. The molecule has 3 amide bonds. The van der Waals surface area contributed by atoms with Crippen LogP contribution in [0.1, 0.15) is 18.9 Å². The van der Waals surface area contributed by atoms with Gasteiger partial charge in [-0.3, -0.25) is 19.8 Å². The monoisotopic (exact) mass is 321 g/mol. The van der Waals surface area contributed by atoms with E-state index in [1.54, 1.807) is 6.92 Å². The van der Waals surface area contributed by atoms with Crippen molar-refractivity contribution in [2.75, 3.05) is 20.2 Å². The highest BCUT2D eigenvalue weighted by atomic mass is 16.5. The van der Waals surface area contributed by atoms with Gasteiger partial charge in [-0.2, -0.15) is 0 Å². The molecule has 0 heterocycles. The van der Waals surface area contributed by atoms with E-state index in [2.05, 4.69) is 0 Å². The molecule has 0 aliphatic heterocycles. The molecule has 0 saturated carbocycles. The number of urea groups is 1. The molecule has 0 fully saturated rings. The summed E-state index contributed by atoms with van der Waals surface area (Å²) in [5.41, 5.74) is 5.99. The number of nitrogens with zero attached hydrogens (tertiary/aromatic N) is 1. The minimum atomic E-state index is -0.868. The second-order valence-corrected chi connectivity index (χ2v) is 5.31. The zero-order chi connectivity index (χ0) is 17.2. The maximum Gasteiger partial charge on any atom is 0.318 e. The zero-order valence-electron chi connectivity index (χ0n) is 13.5. The molecule has 0 bridgehead atoms. The lowest BCUT2D eigenvalue weighted by atomic mass is 10.1. The summed E-state index contributed by atoms with van der Waals surface area (Å²) in [6.07, 6.45) is 0.115. The number of benzene rings is 1. The summed E-state index contributed by atoms with van der Waals surface area (Å²) >= 11 is 0. The Labute approximate surface area is 135 Å². The molecular weight excluding hydrogens is 298 g/mol. The van der Waals surface area contributed by atoms with Crippen molar-refractivity contribution in [2.45, 2.75) is 19.9 Å². The van der Waals surface area contributed by atoms with E-state index in [-0.39, 0.29) is 18.3 Å². The van der Waals surface area contributed by atoms with Gasteiger partial charge < -0.3 is 10.5 Å². The van der Waals surface area contributed by atoms with Crippen LogP contribution in [-0.4, -0.2) is 43.0 Å². The van der Waals surface area contributed by atoms with Crippen LogP contribution in [0.3, 0.4) is 0 Å². The van der Waals surface area contributed by atoms with Crippen LogP contribution in [0.5, 0.6) is 0 Å². The van der Waals surface area contributed by atoms with Crippen molar-refractivity contribution in [2.24, 2.45) is 11.7 Å². The second-order valence-electron chi connectivity index (χ2n) is 5.31. The van der Waals surface area contributed by atoms with Crippen molar-refractivity contribution in [3.8, 4) is 0 Å². The standard InChI is InChI=1S/C16H23N3O4/c1-12(15(21)23-2)10-19(9-8-14(20)18-16(17)22)11-13-6-4-3-5-7-13/h3-7,12H,8-11H2,1-2H3,(H3,17,18,20,22). The lowest BCUT2D eigenvalue weighted by Crippen LogP contribution is -2.38. The lowest BCUT2D eigenvalue weighted by molar-refractivity contribution is -0.145. The van der Waals surface area contributed by atoms with Crippen molar-refractivity contribution in [1.29, 1.82) is 0 Å². The fourth-order valence-electron chi connectivity index (χ4n) is 2.20. The molecule has 1 aromatic rings. The van der Waals surface area contributed by atoms with E-state index in [0.29, 0.717) is 19.6 Å². The normalized spacial score (nSPS) is 11.8. The number of ether oxygens (including phenoxy) is 1. The van der Waals surface area contributed by atoms with E-state index < -0.39 is 11.9 Å². The molecule has 0 aliphatic carbocycles. The number of nitrogens with one attached hydrogen (secondary N) is 1. The van der Waals surface area contributed by atoms with Crippen LogP contribution in [0.2, 0.25) is 0 Å². The van der Waals surface area contributed by atoms with Gasteiger partial charge in [0.05, 0.1) is 13.0 Å². The summed E-state index contributed by atoms with van der Waals surface area (Å²) in [5.74, 6) is -1.06. The Morgan fingerprint density at radius 3 is 2.48 bits per heavy atom. The highest BCUT2D eigenvalue weighted by molar-refractivity contribution is 5.93. The third-order valence-corrected chi connectivity index (χ3v) is 3.30. The Balaban J connectivity index is 2.65. The second kappa shape index (κ2) is 9.58. The van der Waals surface area contributed by atoms with Crippen molar-refractivity contribution < 1.29 is 19.1 Å². The number of carbonyl (C=O) groups excluding carboxylic acids is 3. The molecule has 0 aromatic heterocycles. The van der Waals surface area contributed by atoms with Crippen LogP contribution < -0.4 is 11.1 Å². The molecule has 0 radical (unpaired) electrons. The van der Waals surface area contributed by atoms with Gasteiger partial charge in [0.15, 0.2) is 0 Å². The summed E-state index contributed by atoms with van der Waals surface area (Å²) in [5, 5.41) is 2.03. The molecule has 0 saturated heterocycles. The van der Waals surface area contributed by atoms with Gasteiger partial charge in [-0.05, 0) is 5.56 Å². The van der Waals surface area contributed by atoms with Crippen LogP contribution >= 0.6 is 0 Å². The molecule has 7 nitrogen and oxygen atoms in total. The molecule has 1 rings (SSSR count). The van der Waals surface area contributed by atoms with Gasteiger partial charge in [0, 0.05) is 26.1 Å². The van der Waals surface area contributed by atoms with Crippen LogP contribution in [0.15, 0.2) is 30.3 Å². The Bertz CT molecular complexity index is 533. The summed E-state index contributed by atoms with van der Waals surface area (Å²) in [6.45, 7) is 3.21. The number of hydrogen-bond acceptors (Lipinski definition) is 5. The van der Waals surface area contributed by atoms with E-state index in [9.17, 15) is 14.4 Å². The lowest BCUT2D eigenvalue weighted by Gasteiger charge is -2.24. The molecule has 7 heteroatoms. The van der Waals surface area contributed by atoms with Gasteiger partial charge in [-0.1, -0.05) is 37.3 Å². The number of amides is 3. The largest absolute Gasteiger partial charge is 0.469 e. The minimum absolute atomic E-state index is 0.115. The smallest absolute Gasteiger partial charge is 0.318 e. The first-order chi connectivity index (χ1) is 10.9. The number of methoxy groups -OCH3 is 1. The van der Waals surface area contributed by atoms with E-state index in [1.807, 2.05) is 40.5 Å². The van der Waals surface area contributed by atoms with Crippen LogP contribution in [0.25, 0.3) is 0 Å². The molecule has 1 atom stereocenters. The van der Waals surface area contributed by atoms with Crippen molar-refractivity contribution in [1.82, 2.24) is 10.2 Å². The fourth-order valence-corrected chi connectivity index (χ4v) is 2.20. The number of esters is 1. The first kappa shape index (κ1) is 18.6. The van der Waals surface area contributed by atoms with E-state index in [4.69, 9.17) is 10.5 Å². The first-order valence-electron chi connectivity index (χ1n) is 7.35. The Hall–Kier alpha value is -2.41.